The maximum Gasteiger partial charge on any atom is 0.277 e. The highest BCUT2D eigenvalue weighted by Gasteiger charge is 2.02. The molecule has 4 nitrogen and oxygen atoms in total. The molecule has 1 aromatic heterocycles. The van der Waals surface area contributed by atoms with Crippen LogP contribution in [0.15, 0.2) is 40.1 Å². The van der Waals surface area contributed by atoms with Crippen molar-refractivity contribution >= 4 is 23.5 Å². The molecule has 2 aromatic rings. The number of benzene rings is 1. The Bertz CT molecular complexity index is 586. The molecule has 0 aliphatic carbocycles. The Morgan fingerprint density at radius 2 is 2.10 bits per heavy atom. The average molecular weight is 288 g/mol. The van der Waals surface area contributed by atoms with E-state index < -0.39 is 0 Å². The molecule has 0 aliphatic rings. The number of aryl methyl sites for hydroxylation is 2. The number of ether oxygens (including phenoxy) is 1. The summed E-state index contributed by atoms with van der Waals surface area (Å²) in [5.74, 6) is 0.412. The first-order valence-corrected chi connectivity index (χ1v) is 7.13. The zero-order chi connectivity index (χ0) is 14.4. The van der Waals surface area contributed by atoms with Crippen LogP contribution in [0, 0.1) is 13.8 Å². The van der Waals surface area contributed by atoms with E-state index in [-0.39, 0.29) is 12.5 Å². The number of rotatable bonds is 5. The molecule has 20 heavy (non-hydrogen) atoms. The van der Waals surface area contributed by atoms with E-state index in [1.807, 2.05) is 42.8 Å². The summed E-state index contributed by atoms with van der Waals surface area (Å²) in [6, 6.07) is 7.77. The van der Waals surface area contributed by atoms with Crippen LogP contribution in [-0.4, -0.2) is 18.7 Å². The van der Waals surface area contributed by atoms with Crippen molar-refractivity contribution in [2.24, 2.45) is 5.10 Å². The van der Waals surface area contributed by atoms with Gasteiger partial charge in [-0.25, -0.2) is 5.43 Å². The van der Waals surface area contributed by atoms with Crippen molar-refractivity contribution in [2.45, 2.75) is 13.8 Å². The number of carbonyl (C=O) groups excluding carboxylic acids is 1. The lowest BCUT2D eigenvalue weighted by atomic mass is 10.1. The highest BCUT2D eigenvalue weighted by Crippen LogP contribution is 2.15. The lowest BCUT2D eigenvalue weighted by Gasteiger charge is -2.07. The van der Waals surface area contributed by atoms with E-state index in [2.05, 4.69) is 16.6 Å². The van der Waals surface area contributed by atoms with Gasteiger partial charge in [0.2, 0.25) is 0 Å². The highest BCUT2D eigenvalue weighted by molar-refractivity contribution is 7.08. The number of thiophene rings is 1. The molecule has 0 spiro atoms. The van der Waals surface area contributed by atoms with Crippen LogP contribution >= 0.6 is 11.3 Å². The minimum absolute atomic E-state index is 0.0517. The van der Waals surface area contributed by atoms with Gasteiger partial charge in [-0.3, -0.25) is 4.79 Å². The van der Waals surface area contributed by atoms with Gasteiger partial charge < -0.3 is 4.74 Å². The number of nitrogens with zero attached hydrogens (tertiary/aromatic N) is 1. The van der Waals surface area contributed by atoms with E-state index >= 15 is 0 Å². The Hall–Kier alpha value is -2.14. The van der Waals surface area contributed by atoms with Crippen molar-refractivity contribution in [1.29, 1.82) is 0 Å². The normalized spacial score (nSPS) is 10.7. The third-order valence-electron chi connectivity index (χ3n) is 2.51. The topological polar surface area (TPSA) is 50.7 Å². The summed E-state index contributed by atoms with van der Waals surface area (Å²) in [4.78, 5) is 11.6. The van der Waals surface area contributed by atoms with Gasteiger partial charge in [0.1, 0.15) is 5.75 Å². The van der Waals surface area contributed by atoms with Crippen LogP contribution in [0.2, 0.25) is 0 Å². The minimum atomic E-state index is -0.282. The van der Waals surface area contributed by atoms with E-state index in [0.717, 1.165) is 16.7 Å². The van der Waals surface area contributed by atoms with Crippen LogP contribution in [0.4, 0.5) is 0 Å². The molecule has 0 aliphatic heterocycles. The lowest BCUT2D eigenvalue weighted by molar-refractivity contribution is -0.123. The van der Waals surface area contributed by atoms with E-state index in [1.54, 1.807) is 17.6 Å². The van der Waals surface area contributed by atoms with Crippen LogP contribution in [0.5, 0.6) is 5.75 Å². The first kappa shape index (κ1) is 14.3. The van der Waals surface area contributed by atoms with Gasteiger partial charge in [0, 0.05) is 5.56 Å². The molecule has 0 bridgehead atoms. The molecule has 0 radical (unpaired) electrons. The Balaban J connectivity index is 1.80. The fourth-order valence-corrected chi connectivity index (χ4v) is 2.34. The second-order valence-electron chi connectivity index (χ2n) is 4.46. The summed E-state index contributed by atoms with van der Waals surface area (Å²) in [5.41, 5.74) is 5.61. The zero-order valence-electron chi connectivity index (χ0n) is 11.4. The molecule has 1 amide bonds. The standard InChI is InChI=1S/C15H16N2O2S/c1-11-5-12(2)7-14(6-11)19-9-15(18)17-16-8-13-3-4-20-10-13/h3-8,10H,9H2,1-2H3,(H,17,18). The van der Waals surface area contributed by atoms with Crippen LogP contribution in [0.3, 0.4) is 0 Å². The van der Waals surface area contributed by atoms with Gasteiger partial charge >= 0.3 is 0 Å². The van der Waals surface area contributed by atoms with E-state index in [9.17, 15) is 4.79 Å². The third-order valence-corrected chi connectivity index (χ3v) is 3.21. The fraction of sp³-hybridized carbons (Fsp3) is 0.200. The summed E-state index contributed by atoms with van der Waals surface area (Å²) >= 11 is 1.58. The molecule has 0 unspecified atom stereocenters. The van der Waals surface area contributed by atoms with Crippen molar-refractivity contribution in [1.82, 2.24) is 5.43 Å². The quantitative estimate of drug-likeness (QED) is 0.679. The second-order valence-corrected chi connectivity index (χ2v) is 5.24. The highest BCUT2D eigenvalue weighted by atomic mass is 32.1. The van der Waals surface area contributed by atoms with Gasteiger partial charge in [0.15, 0.2) is 6.61 Å². The van der Waals surface area contributed by atoms with Gasteiger partial charge in [0.25, 0.3) is 5.91 Å². The molecule has 5 heteroatoms. The Kier molecular flexibility index (Phi) is 4.90. The summed E-state index contributed by atoms with van der Waals surface area (Å²) in [5, 5.41) is 7.76. The van der Waals surface area contributed by atoms with E-state index in [4.69, 9.17) is 4.74 Å². The smallest absolute Gasteiger partial charge is 0.277 e. The Morgan fingerprint density at radius 1 is 1.35 bits per heavy atom. The van der Waals surface area contributed by atoms with Gasteiger partial charge in [0.05, 0.1) is 6.21 Å². The Morgan fingerprint density at radius 3 is 2.75 bits per heavy atom. The number of hydrogen-bond acceptors (Lipinski definition) is 4. The number of hydrazone groups is 1. The largest absolute Gasteiger partial charge is 0.484 e. The summed E-state index contributed by atoms with van der Waals surface area (Å²) in [6.07, 6.45) is 1.60. The van der Waals surface area contributed by atoms with Gasteiger partial charge in [-0.15, -0.1) is 0 Å². The van der Waals surface area contributed by atoms with Gasteiger partial charge in [-0.2, -0.15) is 16.4 Å². The van der Waals surface area contributed by atoms with Crippen molar-refractivity contribution < 1.29 is 9.53 Å². The predicted molar refractivity (Wildman–Crippen MR) is 81.5 cm³/mol. The first-order valence-electron chi connectivity index (χ1n) is 6.19. The maximum absolute atomic E-state index is 11.6. The van der Waals surface area contributed by atoms with Crippen LogP contribution in [0.25, 0.3) is 0 Å². The van der Waals surface area contributed by atoms with Gasteiger partial charge in [-0.1, -0.05) is 6.07 Å². The third kappa shape index (κ3) is 4.51. The summed E-state index contributed by atoms with van der Waals surface area (Å²) in [6.45, 7) is 3.93. The molecule has 0 saturated heterocycles. The van der Waals surface area contributed by atoms with Crippen LogP contribution in [0.1, 0.15) is 16.7 Å². The molecule has 1 heterocycles. The van der Waals surface area contributed by atoms with Crippen LogP contribution in [-0.2, 0) is 4.79 Å². The van der Waals surface area contributed by atoms with E-state index in [0.29, 0.717) is 5.75 Å². The lowest BCUT2D eigenvalue weighted by Crippen LogP contribution is -2.24. The van der Waals surface area contributed by atoms with E-state index in [1.165, 1.54) is 0 Å². The average Bonchev–Trinajstić information content (AvgIpc) is 2.88. The fourth-order valence-electron chi connectivity index (χ4n) is 1.72. The van der Waals surface area contributed by atoms with Crippen molar-refractivity contribution in [3.63, 3.8) is 0 Å². The zero-order valence-corrected chi connectivity index (χ0v) is 12.2. The molecular weight excluding hydrogens is 272 g/mol. The van der Waals surface area contributed by atoms with Crippen LogP contribution < -0.4 is 10.2 Å². The molecule has 104 valence electrons. The maximum atomic E-state index is 11.6. The second kappa shape index (κ2) is 6.86. The molecule has 0 atom stereocenters. The molecule has 1 N–H and O–H groups in total. The predicted octanol–water partition coefficient (Wildman–Crippen LogP) is 2.89. The SMILES string of the molecule is Cc1cc(C)cc(OCC(=O)NN=Cc2ccsc2)c1. The number of hydrogen-bond donors (Lipinski definition) is 1. The summed E-state index contributed by atoms with van der Waals surface area (Å²) < 4.78 is 5.43. The number of carbonyl (C=O) groups is 1. The Labute approximate surface area is 122 Å². The van der Waals surface area contributed by atoms with Crippen molar-refractivity contribution in [3.05, 3.63) is 51.7 Å². The molecule has 0 fully saturated rings. The minimum Gasteiger partial charge on any atom is -0.484 e. The molecular formula is C15H16N2O2S. The number of amides is 1. The molecule has 2 rings (SSSR count). The molecule has 1 aromatic carbocycles. The first-order chi connectivity index (χ1) is 9.63. The monoisotopic (exact) mass is 288 g/mol. The van der Waals surface area contributed by atoms with Crippen molar-refractivity contribution in [2.75, 3.05) is 6.61 Å². The summed E-state index contributed by atoms with van der Waals surface area (Å²) in [7, 11) is 0. The van der Waals surface area contributed by atoms with Crippen molar-refractivity contribution in [3.8, 4) is 5.75 Å². The number of nitrogens with one attached hydrogen (secondary N) is 1. The molecule has 0 saturated carbocycles. The van der Waals surface area contributed by atoms with Gasteiger partial charge in [-0.05, 0) is 53.9 Å².